The maximum Gasteiger partial charge on any atom is 0.324 e. The number of fused-ring (bicyclic) bond motifs is 1. The van der Waals surface area contributed by atoms with Crippen LogP contribution >= 0.6 is 0 Å². The first-order chi connectivity index (χ1) is 12.8. The van der Waals surface area contributed by atoms with Gasteiger partial charge in [-0.1, -0.05) is 30.3 Å². The maximum atomic E-state index is 12.2. The van der Waals surface area contributed by atoms with Crippen LogP contribution in [0, 0.1) is 0 Å². The van der Waals surface area contributed by atoms with Gasteiger partial charge in [0.15, 0.2) is 5.82 Å². The highest BCUT2D eigenvalue weighted by molar-refractivity contribution is 6.04. The quantitative estimate of drug-likeness (QED) is 0.487. The van der Waals surface area contributed by atoms with Gasteiger partial charge in [-0.2, -0.15) is 5.10 Å². The van der Waals surface area contributed by atoms with Crippen molar-refractivity contribution in [3.8, 4) is 11.5 Å². The monoisotopic (exact) mass is 344 g/mol. The summed E-state index contributed by atoms with van der Waals surface area (Å²) in [5.41, 5.74) is 1.52. The molecule has 0 fully saturated rings. The van der Waals surface area contributed by atoms with E-state index in [1.165, 1.54) is 0 Å². The van der Waals surface area contributed by atoms with E-state index in [1.807, 2.05) is 54.6 Å². The maximum absolute atomic E-state index is 12.2. The molecule has 2 amide bonds. The smallest absolute Gasteiger partial charge is 0.324 e. The molecule has 1 heterocycles. The number of rotatable bonds is 4. The molecular weight excluding hydrogens is 328 g/mol. The van der Waals surface area contributed by atoms with Crippen molar-refractivity contribution in [1.29, 1.82) is 0 Å². The predicted molar refractivity (Wildman–Crippen MR) is 102 cm³/mol. The molecule has 0 aliphatic heterocycles. The van der Waals surface area contributed by atoms with Crippen LogP contribution in [-0.2, 0) is 0 Å². The van der Waals surface area contributed by atoms with Crippen molar-refractivity contribution in [1.82, 2.24) is 10.2 Å². The van der Waals surface area contributed by atoms with Crippen molar-refractivity contribution >= 4 is 28.4 Å². The Labute approximate surface area is 149 Å². The van der Waals surface area contributed by atoms with Crippen molar-refractivity contribution in [2.75, 3.05) is 10.6 Å². The summed E-state index contributed by atoms with van der Waals surface area (Å²) in [6.07, 6.45) is 0. The number of hydrogen-bond acceptors (Lipinski definition) is 3. The van der Waals surface area contributed by atoms with Crippen LogP contribution in [-0.4, -0.2) is 16.2 Å². The minimum atomic E-state index is -0.362. The predicted octanol–water partition coefficient (Wildman–Crippen LogP) is 5.00. The molecule has 0 bridgehead atoms. The highest BCUT2D eigenvalue weighted by Gasteiger charge is 2.09. The summed E-state index contributed by atoms with van der Waals surface area (Å²) in [7, 11) is 0. The lowest BCUT2D eigenvalue weighted by Gasteiger charge is -2.08. The molecule has 0 atom stereocenters. The van der Waals surface area contributed by atoms with E-state index in [9.17, 15) is 4.79 Å². The second-order valence-corrected chi connectivity index (χ2v) is 5.64. The fraction of sp³-hybridized carbons (Fsp3) is 0. The van der Waals surface area contributed by atoms with Gasteiger partial charge in [0.05, 0.1) is 5.52 Å². The molecule has 6 nitrogen and oxygen atoms in total. The van der Waals surface area contributed by atoms with Crippen LogP contribution < -0.4 is 15.4 Å². The van der Waals surface area contributed by atoms with Gasteiger partial charge >= 0.3 is 6.03 Å². The lowest BCUT2D eigenvalue weighted by molar-refractivity contribution is 0.262. The number of ether oxygens (including phenoxy) is 1. The van der Waals surface area contributed by atoms with Gasteiger partial charge in [-0.3, -0.25) is 10.4 Å². The number of aromatic nitrogens is 2. The molecule has 4 rings (SSSR count). The molecule has 0 aliphatic carbocycles. The summed E-state index contributed by atoms with van der Waals surface area (Å²) < 4.78 is 5.73. The molecule has 0 saturated carbocycles. The zero-order valence-electron chi connectivity index (χ0n) is 13.8. The molecular formula is C20H16N4O2. The highest BCUT2D eigenvalue weighted by atomic mass is 16.5. The molecule has 0 unspecified atom stereocenters. The Hall–Kier alpha value is -3.80. The topological polar surface area (TPSA) is 79.0 Å². The normalized spacial score (nSPS) is 10.5. The van der Waals surface area contributed by atoms with E-state index < -0.39 is 0 Å². The lowest BCUT2D eigenvalue weighted by Crippen LogP contribution is -2.19. The van der Waals surface area contributed by atoms with Crippen molar-refractivity contribution in [3.63, 3.8) is 0 Å². The van der Waals surface area contributed by atoms with Gasteiger partial charge in [0.2, 0.25) is 0 Å². The van der Waals surface area contributed by atoms with E-state index in [-0.39, 0.29) is 6.03 Å². The van der Waals surface area contributed by atoms with Crippen molar-refractivity contribution in [2.24, 2.45) is 0 Å². The lowest BCUT2D eigenvalue weighted by atomic mass is 10.2. The van der Waals surface area contributed by atoms with Crippen molar-refractivity contribution in [2.45, 2.75) is 0 Å². The van der Waals surface area contributed by atoms with E-state index >= 15 is 0 Å². The number of nitrogens with zero attached hydrogens (tertiary/aromatic N) is 1. The number of benzene rings is 3. The fourth-order valence-electron chi connectivity index (χ4n) is 2.56. The third-order valence-electron chi connectivity index (χ3n) is 3.79. The molecule has 0 spiro atoms. The Morgan fingerprint density at radius 2 is 1.50 bits per heavy atom. The van der Waals surface area contributed by atoms with Crippen LogP contribution in [0.25, 0.3) is 10.9 Å². The van der Waals surface area contributed by atoms with E-state index in [0.29, 0.717) is 17.3 Å². The summed E-state index contributed by atoms with van der Waals surface area (Å²) in [6, 6.07) is 23.9. The summed E-state index contributed by atoms with van der Waals surface area (Å²) in [5, 5.41) is 13.4. The van der Waals surface area contributed by atoms with Crippen LogP contribution in [0.1, 0.15) is 0 Å². The summed E-state index contributed by atoms with van der Waals surface area (Å²) in [4.78, 5) is 12.2. The number of urea groups is 1. The number of para-hydroxylation sites is 2. The number of nitrogens with one attached hydrogen (secondary N) is 3. The van der Waals surface area contributed by atoms with Gasteiger partial charge in [0, 0.05) is 11.1 Å². The summed E-state index contributed by atoms with van der Waals surface area (Å²) in [5.74, 6) is 1.94. The van der Waals surface area contributed by atoms with E-state index in [0.717, 1.165) is 16.7 Å². The third-order valence-corrected chi connectivity index (χ3v) is 3.79. The van der Waals surface area contributed by atoms with Crippen molar-refractivity contribution < 1.29 is 9.53 Å². The first kappa shape index (κ1) is 15.7. The zero-order chi connectivity index (χ0) is 17.8. The largest absolute Gasteiger partial charge is 0.457 e. The first-order valence-corrected chi connectivity index (χ1v) is 8.12. The van der Waals surface area contributed by atoms with Crippen LogP contribution in [0.15, 0.2) is 78.9 Å². The summed E-state index contributed by atoms with van der Waals surface area (Å²) in [6.45, 7) is 0. The Bertz CT molecular complexity index is 1030. The van der Waals surface area contributed by atoms with Crippen LogP contribution in [0.2, 0.25) is 0 Å². The first-order valence-electron chi connectivity index (χ1n) is 8.12. The highest BCUT2D eigenvalue weighted by Crippen LogP contribution is 2.23. The Kier molecular flexibility index (Phi) is 4.22. The van der Waals surface area contributed by atoms with Gasteiger partial charge in [0.25, 0.3) is 0 Å². The summed E-state index contributed by atoms with van der Waals surface area (Å²) >= 11 is 0. The average Bonchev–Trinajstić information content (AvgIpc) is 3.07. The van der Waals surface area contributed by atoms with E-state index in [4.69, 9.17) is 4.74 Å². The molecule has 0 saturated heterocycles. The number of carbonyl (C=O) groups excluding carboxylic acids is 1. The minimum Gasteiger partial charge on any atom is -0.457 e. The number of H-pyrrole nitrogens is 1. The second-order valence-electron chi connectivity index (χ2n) is 5.64. The number of anilines is 2. The Balaban J connectivity index is 1.40. The van der Waals surface area contributed by atoms with Crippen LogP contribution in [0.4, 0.5) is 16.3 Å². The SMILES string of the molecule is O=C(Nc1ccc(Oc2ccccc2)cc1)Nc1n[nH]c2ccccc12. The molecule has 26 heavy (non-hydrogen) atoms. The van der Waals surface area contributed by atoms with E-state index in [2.05, 4.69) is 20.8 Å². The van der Waals surface area contributed by atoms with Gasteiger partial charge in [-0.05, 0) is 48.5 Å². The fourth-order valence-corrected chi connectivity index (χ4v) is 2.56. The third kappa shape index (κ3) is 3.49. The Morgan fingerprint density at radius 1 is 0.808 bits per heavy atom. The molecule has 3 aromatic carbocycles. The van der Waals surface area contributed by atoms with Gasteiger partial charge in [0.1, 0.15) is 11.5 Å². The van der Waals surface area contributed by atoms with Crippen molar-refractivity contribution in [3.05, 3.63) is 78.9 Å². The number of carbonyl (C=O) groups is 1. The Morgan fingerprint density at radius 3 is 2.31 bits per heavy atom. The molecule has 3 N–H and O–H groups in total. The second kappa shape index (κ2) is 6.98. The zero-order valence-corrected chi connectivity index (χ0v) is 13.8. The van der Waals surface area contributed by atoms with Gasteiger partial charge in [-0.15, -0.1) is 0 Å². The number of aromatic amines is 1. The average molecular weight is 344 g/mol. The minimum absolute atomic E-state index is 0.362. The molecule has 1 aromatic heterocycles. The molecule has 6 heteroatoms. The number of hydrogen-bond donors (Lipinski definition) is 3. The molecule has 4 aromatic rings. The number of amides is 2. The standard InChI is InChI=1S/C20H16N4O2/c25-20(22-19-17-8-4-5-9-18(17)23-24-19)21-14-10-12-16(13-11-14)26-15-6-2-1-3-7-15/h1-13H,(H3,21,22,23,24,25). The van der Waals surface area contributed by atoms with Crippen LogP contribution in [0.5, 0.6) is 11.5 Å². The molecule has 0 radical (unpaired) electrons. The van der Waals surface area contributed by atoms with E-state index in [1.54, 1.807) is 24.3 Å². The van der Waals surface area contributed by atoms with Crippen LogP contribution in [0.3, 0.4) is 0 Å². The molecule has 128 valence electrons. The molecule has 0 aliphatic rings. The van der Waals surface area contributed by atoms with Gasteiger partial charge < -0.3 is 10.1 Å². The van der Waals surface area contributed by atoms with Gasteiger partial charge in [-0.25, -0.2) is 4.79 Å².